The number of benzene rings is 2. The Bertz CT molecular complexity index is 689. The van der Waals surface area contributed by atoms with E-state index in [0.717, 1.165) is 31.4 Å². The number of thiazole rings is 1. The molecule has 0 atom stereocenters. The van der Waals surface area contributed by atoms with Crippen LogP contribution in [0.1, 0.15) is 5.56 Å². The summed E-state index contributed by atoms with van der Waals surface area (Å²) in [7, 11) is 0. The van der Waals surface area contributed by atoms with Gasteiger partial charge in [0.1, 0.15) is 5.01 Å². The lowest BCUT2D eigenvalue weighted by molar-refractivity contribution is 1.39. The minimum absolute atomic E-state index is 0.534. The SMILES string of the molecule is ClCc1ccc(-c2nc3cccc(Cl)c3s2)cc1. The summed E-state index contributed by atoms with van der Waals surface area (Å²) in [5.41, 5.74) is 3.16. The second-order valence-corrected chi connectivity index (χ2v) is 5.61. The van der Waals surface area contributed by atoms with Gasteiger partial charge in [-0.2, -0.15) is 0 Å². The number of alkyl halides is 1. The van der Waals surface area contributed by atoms with E-state index in [0.29, 0.717) is 5.88 Å². The summed E-state index contributed by atoms with van der Waals surface area (Å²) in [6, 6.07) is 13.9. The highest BCUT2D eigenvalue weighted by atomic mass is 35.5. The van der Waals surface area contributed by atoms with Gasteiger partial charge in [-0.25, -0.2) is 4.98 Å². The second kappa shape index (κ2) is 4.88. The Morgan fingerprint density at radius 3 is 2.50 bits per heavy atom. The maximum absolute atomic E-state index is 6.16. The van der Waals surface area contributed by atoms with Crippen LogP contribution < -0.4 is 0 Å². The third-order valence-electron chi connectivity index (χ3n) is 2.72. The maximum atomic E-state index is 6.16. The molecule has 3 rings (SSSR count). The van der Waals surface area contributed by atoms with E-state index in [4.69, 9.17) is 23.2 Å². The predicted octanol–water partition coefficient (Wildman–Crippen LogP) is 5.36. The van der Waals surface area contributed by atoms with Crippen LogP contribution in [-0.4, -0.2) is 4.98 Å². The molecule has 0 amide bonds. The molecule has 1 heterocycles. The molecule has 90 valence electrons. The minimum Gasteiger partial charge on any atom is -0.236 e. The van der Waals surface area contributed by atoms with Gasteiger partial charge < -0.3 is 0 Å². The minimum atomic E-state index is 0.534. The van der Waals surface area contributed by atoms with Crippen LogP contribution in [0.2, 0.25) is 5.02 Å². The van der Waals surface area contributed by atoms with Gasteiger partial charge in [0.15, 0.2) is 0 Å². The Balaban J connectivity index is 2.10. The van der Waals surface area contributed by atoms with E-state index in [-0.39, 0.29) is 0 Å². The number of fused-ring (bicyclic) bond motifs is 1. The third-order valence-corrected chi connectivity index (χ3v) is 4.61. The fraction of sp³-hybridized carbons (Fsp3) is 0.0714. The fourth-order valence-electron chi connectivity index (χ4n) is 1.78. The molecule has 0 aliphatic carbocycles. The van der Waals surface area contributed by atoms with Crippen LogP contribution in [0.4, 0.5) is 0 Å². The molecule has 4 heteroatoms. The van der Waals surface area contributed by atoms with E-state index in [1.807, 2.05) is 42.5 Å². The van der Waals surface area contributed by atoms with Crippen molar-refractivity contribution < 1.29 is 0 Å². The molecule has 0 radical (unpaired) electrons. The van der Waals surface area contributed by atoms with Gasteiger partial charge in [0, 0.05) is 11.4 Å². The van der Waals surface area contributed by atoms with E-state index in [9.17, 15) is 0 Å². The topological polar surface area (TPSA) is 12.9 Å². The van der Waals surface area contributed by atoms with E-state index >= 15 is 0 Å². The quantitative estimate of drug-likeness (QED) is 0.580. The van der Waals surface area contributed by atoms with Crippen LogP contribution in [0, 0.1) is 0 Å². The van der Waals surface area contributed by atoms with Gasteiger partial charge >= 0.3 is 0 Å². The van der Waals surface area contributed by atoms with Crippen LogP contribution in [0.5, 0.6) is 0 Å². The first-order valence-electron chi connectivity index (χ1n) is 5.48. The maximum Gasteiger partial charge on any atom is 0.124 e. The average Bonchev–Trinajstić information content (AvgIpc) is 2.84. The summed E-state index contributed by atoms with van der Waals surface area (Å²) in [5.74, 6) is 0.534. The van der Waals surface area contributed by atoms with Crippen LogP contribution in [-0.2, 0) is 5.88 Å². The largest absolute Gasteiger partial charge is 0.236 e. The summed E-state index contributed by atoms with van der Waals surface area (Å²) < 4.78 is 1.04. The van der Waals surface area contributed by atoms with Crippen LogP contribution in [0.25, 0.3) is 20.8 Å². The highest BCUT2D eigenvalue weighted by Gasteiger charge is 2.08. The van der Waals surface area contributed by atoms with Crippen molar-refractivity contribution >= 4 is 44.8 Å². The van der Waals surface area contributed by atoms with E-state index in [1.54, 1.807) is 11.3 Å². The first-order valence-corrected chi connectivity index (χ1v) is 7.21. The van der Waals surface area contributed by atoms with E-state index < -0.39 is 0 Å². The van der Waals surface area contributed by atoms with Gasteiger partial charge in [0.25, 0.3) is 0 Å². The molecular weight excluding hydrogens is 285 g/mol. The molecular formula is C14H9Cl2NS. The van der Waals surface area contributed by atoms with Crippen LogP contribution in [0.3, 0.4) is 0 Å². The van der Waals surface area contributed by atoms with Gasteiger partial charge in [-0.05, 0) is 17.7 Å². The van der Waals surface area contributed by atoms with Crippen molar-refractivity contribution in [1.82, 2.24) is 4.98 Å². The number of aromatic nitrogens is 1. The lowest BCUT2D eigenvalue weighted by Crippen LogP contribution is -1.79. The molecule has 2 aromatic carbocycles. The van der Waals surface area contributed by atoms with Crippen LogP contribution in [0.15, 0.2) is 42.5 Å². The molecule has 1 aromatic heterocycles. The summed E-state index contributed by atoms with van der Waals surface area (Å²) in [5, 5.41) is 1.74. The molecule has 3 aromatic rings. The summed E-state index contributed by atoms with van der Waals surface area (Å²) >= 11 is 13.6. The van der Waals surface area contributed by atoms with Crippen molar-refractivity contribution in [2.45, 2.75) is 5.88 Å². The van der Waals surface area contributed by atoms with Crippen molar-refractivity contribution in [1.29, 1.82) is 0 Å². The predicted molar refractivity (Wildman–Crippen MR) is 79.6 cm³/mol. The van der Waals surface area contributed by atoms with Crippen molar-refractivity contribution in [2.75, 3.05) is 0 Å². The molecule has 1 nitrogen and oxygen atoms in total. The average molecular weight is 294 g/mol. The summed E-state index contributed by atoms with van der Waals surface area (Å²) in [6.45, 7) is 0. The normalized spacial score (nSPS) is 11.0. The monoisotopic (exact) mass is 293 g/mol. The Morgan fingerprint density at radius 2 is 1.83 bits per heavy atom. The molecule has 0 saturated carbocycles. The second-order valence-electron chi connectivity index (χ2n) is 3.94. The van der Waals surface area contributed by atoms with Crippen molar-refractivity contribution in [3.8, 4) is 10.6 Å². The molecule has 0 aliphatic heterocycles. The highest BCUT2D eigenvalue weighted by molar-refractivity contribution is 7.22. The molecule has 18 heavy (non-hydrogen) atoms. The van der Waals surface area contributed by atoms with Gasteiger partial charge in [-0.15, -0.1) is 22.9 Å². The van der Waals surface area contributed by atoms with Gasteiger partial charge in [0.05, 0.1) is 15.2 Å². The Hall–Kier alpha value is -1.09. The zero-order chi connectivity index (χ0) is 12.5. The van der Waals surface area contributed by atoms with E-state index in [1.165, 1.54) is 0 Å². The van der Waals surface area contributed by atoms with Gasteiger partial charge in [0.2, 0.25) is 0 Å². The van der Waals surface area contributed by atoms with Crippen molar-refractivity contribution in [3.05, 3.63) is 53.1 Å². The summed E-state index contributed by atoms with van der Waals surface area (Å²) in [6.07, 6.45) is 0. The number of hydrogen-bond donors (Lipinski definition) is 0. The lowest BCUT2D eigenvalue weighted by Gasteiger charge is -1.97. The fourth-order valence-corrected chi connectivity index (χ4v) is 3.21. The zero-order valence-electron chi connectivity index (χ0n) is 9.36. The first-order chi connectivity index (χ1) is 8.78. The number of halogens is 2. The van der Waals surface area contributed by atoms with Crippen molar-refractivity contribution in [2.24, 2.45) is 0 Å². The lowest BCUT2D eigenvalue weighted by atomic mass is 10.2. The molecule has 0 fully saturated rings. The summed E-state index contributed by atoms with van der Waals surface area (Å²) in [4.78, 5) is 4.60. The zero-order valence-corrected chi connectivity index (χ0v) is 11.7. The Labute approximate surface area is 119 Å². The standard InChI is InChI=1S/C14H9Cl2NS/c15-8-9-4-6-10(7-5-9)14-17-12-3-1-2-11(16)13(12)18-14/h1-7H,8H2. The number of hydrogen-bond acceptors (Lipinski definition) is 2. The Kier molecular flexibility index (Phi) is 3.25. The third kappa shape index (κ3) is 2.12. The van der Waals surface area contributed by atoms with Crippen LogP contribution >= 0.6 is 34.5 Å². The smallest absolute Gasteiger partial charge is 0.124 e. The highest BCUT2D eigenvalue weighted by Crippen LogP contribution is 2.34. The molecule has 0 bridgehead atoms. The molecule has 0 saturated heterocycles. The van der Waals surface area contributed by atoms with Crippen molar-refractivity contribution in [3.63, 3.8) is 0 Å². The Morgan fingerprint density at radius 1 is 1.06 bits per heavy atom. The first kappa shape index (κ1) is 12.0. The molecule has 0 unspecified atom stereocenters. The van der Waals surface area contributed by atoms with Gasteiger partial charge in [-0.1, -0.05) is 41.9 Å². The van der Waals surface area contributed by atoms with Gasteiger partial charge in [-0.3, -0.25) is 0 Å². The number of nitrogens with zero attached hydrogens (tertiary/aromatic N) is 1. The molecule has 0 aliphatic rings. The molecule has 0 spiro atoms. The van der Waals surface area contributed by atoms with E-state index in [2.05, 4.69) is 4.98 Å². The number of rotatable bonds is 2. The molecule has 0 N–H and O–H groups in total.